The van der Waals surface area contributed by atoms with Gasteiger partial charge in [-0.15, -0.1) is 0 Å². The number of rotatable bonds is 8. The second-order valence-corrected chi connectivity index (χ2v) is 7.36. The lowest BCUT2D eigenvalue weighted by molar-refractivity contribution is -0.384. The van der Waals surface area contributed by atoms with Crippen LogP contribution in [0.1, 0.15) is 25.2 Å². The first-order valence-electron chi connectivity index (χ1n) is 9.12. The SMILES string of the molecule is CCN(CC)CCn1c(Cc2ccc(Br)cc2)nc2cc([N+](=O)[O-])ccc21. The molecule has 1 aromatic heterocycles. The van der Waals surface area contributed by atoms with Gasteiger partial charge in [0.2, 0.25) is 0 Å². The number of nitro benzene ring substituents is 1. The van der Waals surface area contributed by atoms with Gasteiger partial charge in [-0.2, -0.15) is 0 Å². The molecule has 0 radical (unpaired) electrons. The van der Waals surface area contributed by atoms with Gasteiger partial charge in [-0.05, 0) is 36.9 Å². The predicted molar refractivity (Wildman–Crippen MR) is 111 cm³/mol. The summed E-state index contributed by atoms with van der Waals surface area (Å²) in [7, 11) is 0. The van der Waals surface area contributed by atoms with E-state index in [1.54, 1.807) is 12.1 Å². The van der Waals surface area contributed by atoms with E-state index in [-0.39, 0.29) is 10.6 Å². The lowest BCUT2D eigenvalue weighted by Gasteiger charge is -2.19. The number of halogens is 1. The zero-order valence-electron chi connectivity index (χ0n) is 15.6. The Labute approximate surface area is 167 Å². The fraction of sp³-hybridized carbons (Fsp3) is 0.350. The molecular weight excluding hydrogens is 408 g/mol. The Kier molecular flexibility index (Phi) is 6.23. The van der Waals surface area contributed by atoms with E-state index in [9.17, 15) is 10.1 Å². The number of benzene rings is 2. The van der Waals surface area contributed by atoms with Crippen LogP contribution < -0.4 is 0 Å². The highest BCUT2D eigenvalue weighted by atomic mass is 79.9. The molecule has 3 rings (SSSR count). The summed E-state index contributed by atoms with van der Waals surface area (Å²) in [6, 6.07) is 13.1. The highest BCUT2D eigenvalue weighted by Crippen LogP contribution is 2.24. The van der Waals surface area contributed by atoms with Crippen LogP contribution in [0.2, 0.25) is 0 Å². The van der Waals surface area contributed by atoms with Gasteiger partial charge in [-0.3, -0.25) is 10.1 Å². The Morgan fingerprint density at radius 2 is 1.85 bits per heavy atom. The smallest absolute Gasteiger partial charge is 0.271 e. The van der Waals surface area contributed by atoms with Gasteiger partial charge in [0.15, 0.2) is 0 Å². The van der Waals surface area contributed by atoms with E-state index in [0.717, 1.165) is 47.6 Å². The normalized spacial score (nSPS) is 11.4. The van der Waals surface area contributed by atoms with Crippen LogP contribution in [0.5, 0.6) is 0 Å². The molecule has 27 heavy (non-hydrogen) atoms. The van der Waals surface area contributed by atoms with Crippen molar-refractivity contribution in [2.75, 3.05) is 19.6 Å². The zero-order valence-corrected chi connectivity index (χ0v) is 17.1. The van der Waals surface area contributed by atoms with Crippen LogP contribution >= 0.6 is 15.9 Å². The summed E-state index contributed by atoms with van der Waals surface area (Å²) < 4.78 is 3.23. The van der Waals surface area contributed by atoms with Crippen LogP contribution in [0.25, 0.3) is 11.0 Å². The van der Waals surface area contributed by atoms with Crippen molar-refractivity contribution in [2.45, 2.75) is 26.8 Å². The molecule has 0 bridgehead atoms. The maximum Gasteiger partial charge on any atom is 0.271 e. The quantitative estimate of drug-likeness (QED) is 0.385. The molecule has 0 spiro atoms. The fourth-order valence-corrected chi connectivity index (χ4v) is 3.50. The monoisotopic (exact) mass is 430 g/mol. The van der Waals surface area contributed by atoms with E-state index in [1.165, 1.54) is 0 Å². The zero-order chi connectivity index (χ0) is 19.4. The predicted octanol–water partition coefficient (Wildman–Crippen LogP) is 4.64. The summed E-state index contributed by atoms with van der Waals surface area (Å²) in [6.45, 7) is 8.03. The van der Waals surface area contributed by atoms with Crippen molar-refractivity contribution >= 4 is 32.7 Å². The first-order valence-corrected chi connectivity index (χ1v) is 9.91. The molecule has 0 N–H and O–H groups in total. The Hall–Kier alpha value is -2.25. The molecule has 0 aliphatic carbocycles. The number of nitrogens with zero attached hydrogens (tertiary/aromatic N) is 4. The van der Waals surface area contributed by atoms with E-state index in [2.05, 4.69) is 51.4 Å². The Morgan fingerprint density at radius 3 is 2.48 bits per heavy atom. The minimum Gasteiger partial charge on any atom is -0.326 e. The second kappa shape index (κ2) is 8.63. The largest absolute Gasteiger partial charge is 0.326 e. The molecule has 0 saturated heterocycles. The van der Waals surface area contributed by atoms with Crippen molar-refractivity contribution in [2.24, 2.45) is 0 Å². The van der Waals surface area contributed by atoms with Gasteiger partial charge in [0, 0.05) is 36.1 Å². The minimum absolute atomic E-state index is 0.0751. The average Bonchev–Trinajstić information content (AvgIpc) is 3.00. The van der Waals surface area contributed by atoms with Gasteiger partial charge in [0.1, 0.15) is 5.82 Å². The lowest BCUT2D eigenvalue weighted by atomic mass is 10.1. The number of hydrogen-bond acceptors (Lipinski definition) is 4. The molecule has 0 atom stereocenters. The maximum absolute atomic E-state index is 11.1. The van der Waals surface area contributed by atoms with Gasteiger partial charge in [0.25, 0.3) is 5.69 Å². The maximum atomic E-state index is 11.1. The van der Waals surface area contributed by atoms with Crippen LogP contribution in [0.15, 0.2) is 46.9 Å². The number of aromatic nitrogens is 2. The van der Waals surface area contributed by atoms with E-state index in [0.29, 0.717) is 11.9 Å². The summed E-state index contributed by atoms with van der Waals surface area (Å²) in [5.74, 6) is 0.931. The van der Waals surface area contributed by atoms with Crippen LogP contribution in [0.4, 0.5) is 5.69 Å². The topological polar surface area (TPSA) is 64.2 Å². The van der Waals surface area contributed by atoms with E-state index < -0.39 is 0 Å². The van der Waals surface area contributed by atoms with Crippen molar-refractivity contribution in [3.63, 3.8) is 0 Å². The number of fused-ring (bicyclic) bond motifs is 1. The van der Waals surface area contributed by atoms with E-state index >= 15 is 0 Å². The molecule has 0 saturated carbocycles. The van der Waals surface area contributed by atoms with Crippen molar-refractivity contribution in [1.82, 2.24) is 14.5 Å². The molecule has 2 aromatic carbocycles. The third-order valence-electron chi connectivity index (χ3n) is 4.83. The summed E-state index contributed by atoms with van der Waals surface area (Å²) >= 11 is 3.46. The van der Waals surface area contributed by atoms with Crippen LogP contribution in [0.3, 0.4) is 0 Å². The number of hydrogen-bond donors (Lipinski definition) is 0. The number of nitro groups is 1. The Bertz CT molecular complexity index is 933. The Balaban J connectivity index is 1.98. The van der Waals surface area contributed by atoms with Crippen LogP contribution in [0, 0.1) is 10.1 Å². The van der Waals surface area contributed by atoms with Crippen LogP contribution in [-0.4, -0.2) is 39.0 Å². The molecule has 0 aliphatic rings. The fourth-order valence-electron chi connectivity index (χ4n) is 3.23. The second-order valence-electron chi connectivity index (χ2n) is 6.44. The minimum atomic E-state index is -0.372. The number of non-ortho nitro benzene ring substituents is 1. The van der Waals surface area contributed by atoms with Crippen molar-refractivity contribution < 1.29 is 4.92 Å². The van der Waals surface area contributed by atoms with Crippen LogP contribution in [-0.2, 0) is 13.0 Å². The number of likely N-dealkylation sites (N-methyl/N-ethyl adjacent to an activating group) is 1. The molecule has 0 aliphatic heterocycles. The molecule has 6 nitrogen and oxygen atoms in total. The van der Waals surface area contributed by atoms with Gasteiger partial charge >= 0.3 is 0 Å². The molecule has 0 fully saturated rings. The molecule has 0 unspecified atom stereocenters. The van der Waals surface area contributed by atoms with Gasteiger partial charge < -0.3 is 9.47 Å². The first kappa shape index (κ1) is 19.5. The summed E-state index contributed by atoms with van der Waals surface area (Å²) in [4.78, 5) is 17.8. The number of imidazole rings is 1. The van der Waals surface area contributed by atoms with Crippen molar-refractivity contribution in [3.05, 3.63) is 68.4 Å². The van der Waals surface area contributed by atoms with Crippen molar-refractivity contribution in [3.8, 4) is 0 Å². The Morgan fingerprint density at radius 1 is 1.15 bits per heavy atom. The summed E-state index contributed by atoms with van der Waals surface area (Å²) in [5, 5.41) is 11.1. The molecular formula is C20H23BrN4O2. The highest BCUT2D eigenvalue weighted by Gasteiger charge is 2.15. The molecule has 3 aromatic rings. The van der Waals surface area contributed by atoms with Crippen molar-refractivity contribution in [1.29, 1.82) is 0 Å². The van der Waals surface area contributed by atoms with Gasteiger partial charge in [0.05, 0.1) is 16.0 Å². The van der Waals surface area contributed by atoms with E-state index in [1.807, 2.05) is 18.2 Å². The van der Waals surface area contributed by atoms with Gasteiger partial charge in [-0.25, -0.2) is 4.98 Å². The lowest BCUT2D eigenvalue weighted by Crippen LogP contribution is -2.27. The molecule has 0 amide bonds. The van der Waals surface area contributed by atoms with E-state index in [4.69, 9.17) is 4.98 Å². The molecule has 1 heterocycles. The molecule has 142 valence electrons. The van der Waals surface area contributed by atoms with Gasteiger partial charge in [-0.1, -0.05) is 41.9 Å². The third kappa shape index (κ3) is 4.54. The third-order valence-corrected chi connectivity index (χ3v) is 5.36. The molecule has 7 heteroatoms. The first-order chi connectivity index (χ1) is 13.0. The summed E-state index contributed by atoms with van der Waals surface area (Å²) in [5.41, 5.74) is 2.86. The average molecular weight is 431 g/mol. The summed E-state index contributed by atoms with van der Waals surface area (Å²) in [6.07, 6.45) is 0.688. The highest BCUT2D eigenvalue weighted by molar-refractivity contribution is 9.10. The standard InChI is InChI=1S/C20H23BrN4O2/c1-3-23(4-2)11-12-24-19-10-9-17(25(26)27)14-18(19)22-20(24)13-15-5-7-16(21)8-6-15/h5-10,14H,3-4,11-13H2,1-2H3.